The first-order chi connectivity index (χ1) is 8.62. The largest absolute Gasteiger partial charge is 0.377 e. The van der Waals surface area contributed by atoms with Crippen molar-refractivity contribution in [1.29, 1.82) is 0 Å². The molecule has 0 heterocycles. The van der Waals surface area contributed by atoms with Gasteiger partial charge in [0.2, 0.25) is 0 Å². The first-order valence-corrected chi connectivity index (χ1v) is 6.89. The van der Waals surface area contributed by atoms with Crippen LogP contribution in [0.2, 0.25) is 10.0 Å². The summed E-state index contributed by atoms with van der Waals surface area (Å²) in [6.45, 7) is 4.72. The maximum absolute atomic E-state index is 6.15. The highest BCUT2D eigenvalue weighted by Crippen LogP contribution is 2.23. The molecular weight excluding hydrogens is 271 g/mol. The Morgan fingerprint density at radius 1 is 1.33 bits per heavy atom. The van der Waals surface area contributed by atoms with Crippen LogP contribution < -0.4 is 11.3 Å². The second-order valence-corrected chi connectivity index (χ2v) is 4.96. The molecule has 2 unspecified atom stereocenters. The standard InChI is InChI=1S/C13H20Cl2N2O/c1-3-13(18-4-2)12(17-16)8-9-7-10(14)5-6-11(9)15/h5-7,12-13,17H,3-4,8,16H2,1-2H3. The van der Waals surface area contributed by atoms with Crippen LogP contribution in [0.3, 0.4) is 0 Å². The van der Waals surface area contributed by atoms with E-state index in [0.29, 0.717) is 23.1 Å². The monoisotopic (exact) mass is 290 g/mol. The lowest BCUT2D eigenvalue weighted by Gasteiger charge is -2.26. The van der Waals surface area contributed by atoms with E-state index in [0.717, 1.165) is 12.0 Å². The van der Waals surface area contributed by atoms with Crippen molar-refractivity contribution in [2.45, 2.75) is 38.8 Å². The van der Waals surface area contributed by atoms with Crippen molar-refractivity contribution in [1.82, 2.24) is 5.43 Å². The Bertz CT molecular complexity index is 374. The van der Waals surface area contributed by atoms with Gasteiger partial charge >= 0.3 is 0 Å². The van der Waals surface area contributed by atoms with Crippen molar-refractivity contribution in [2.75, 3.05) is 6.61 Å². The smallest absolute Gasteiger partial charge is 0.0741 e. The Balaban J connectivity index is 2.81. The topological polar surface area (TPSA) is 47.3 Å². The fourth-order valence-corrected chi connectivity index (χ4v) is 2.36. The number of hydrogen-bond acceptors (Lipinski definition) is 3. The maximum atomic E-state index is 6.15. The first kappa shape index (κ1) is 15.7. The van der Waals surface area contributed by atoms with Gasteiger partial charge in [-0.2, -0.15) is 0 Å². The fourth-order valence-electron chi connectivity index (χ4n) is 1.97. The number of hydrogen-bond donors (Lipinski definition) is 2. The van der Waals surface area contributed by atoms with Crippen molar-refractivity contribution in [2.24, 2.45) is 5.84 Å². The molecule has 0 aliphatic carbocycles. The molecule has 3 nitrogen and oxygen atoms in total. The molecule has 0 amide bonds. The van der Waals surface area contributed by atoms with E-state index in [1.807, 2.05) is 13.0 Å². The molecule has 1 aromatic rings. The van der Waals surface area contributed by atoms with E-state index in [1.165, 1.54) is 0 Å². The second kappa shape index (κ2) is 7.97. The maximum Gasteiger partial charge on any atom is 0.0741 e. The van der Waals surface area contributed by atoms with Gasteiger partial charge in [0.25, 0.3) is 0 Å². The third kappa shape index (κ3) is 4.41. The van der Waals surface area contributed by atoms with Crippen LogP contribution >= 0.6 is 23.2 Å². The number of ether oxygens (including phenoxy) is 1. The number of benzene rings is 1. The summed E-state index contributed by atoms with van der Waals surface area (Å²) in [5, 5.41) is 1.38. The van der Waals surface area contributed by atoms with Crippen molar-refractivity contribution in [3.63, 3.8) is 0 Å². The molecule has 5 heteroatoms. The Labute approximate surface area is 119 Å². The summed E-state index contributed by atoms with van der Waals surface area (Å²) in [4.78, 5) is 0. The van der Waals surface area contributed by atoms with Crippen LogP contribution in [0.25, 0.3) is 0 Å². The van der Waals surface area contributed by atoms with E-state index in [1.54, 1.807) is 12.1 Å². The van der Waals surface area contributed by atoms with Crippen LogP contribution in [0.4, 0.5) is 0 Å². The summed E-state index contributed by atoms with van der Waals surface area (Å²) in [6, 6.07) is 5.46. The molecular formula is C13H20Cl2N2O. The molecule has 3 N–H and O–H groups in total. The first-order valence-electron chi connectivity index (χ1n) is 6.14. The highest BCUT2D eigenvalue weighted by atomic mass is 35.5. The molecule has 0 spiro atoms. The van der Waals surface area contributed by atoms with Gasteiger partial charge in [-0.15, -0.1) is 0 Å². The summed E-state index contributed by atoms with van der Waals surface area (Å²) in [5.74, 6) is 5.61. The molecule has 0 bridgehead atoms. The quantitative estimate of drug-likeness (QED) is 0.599. The molecule has 0 radical (unpaired) electrons. The molecule has 0 saturated heterocycles. The van der Waals surface area contributed by atoms with E-state index >= 15 is 0 Å². The summed E-state index contributed by atoms with van der Waals surface area (Å²) in [5.41, 5.74) is 3.78. The number of nitrogens with two attached hydrogens (primary N) is 1. The molecule has 18 heavy (non-hydrogen) atoms. The zero-order valence-electron chi connectivity index (χ0n) is 10.7. The Morgan fingerprint density at radius 2 is 2.06 bits per heavy atom. The molecule has 2 atom stereocenters. The Hall–Kier alpha value is -0.320. The van der Waals surface area contributed by atoms with Gasteiger partial charge in [0.1, 0.15) is 0 Å². The molecule has 0 aromatic heterocycles. The summed E-state index contributed by atoms with van der Waals surface area (Å²) in [6.07, 6.45) is 1.64. The number of halogens is 2. The van der Waals surface area contributed by atoms with E-state index < -0.39 is 0 Å². The molecule has 102 valence electrons. The minimum Gasteiger partial charge on any atom is -0.377 e. The van der Waals surface area contributed by atoms with Gasteiger partial charge in [-0.25, -0.2) is 0 Å². The summed E-state index contributed by atoms with van der Waals surface area (Å²) >= 11 is 12.1. The van der Waals surface area contributed by atoms with Gasteiger partial charge in [0.15, 0.2) is 0 Å². The lowest BCUT2D eigenvalue weighted by Crippen LogP contribution is -2.46. The Kier molecular flexibility index (Phi) is 6.97. The minimum absolute atomic E-state index is 0.0194. The average Bonchev–Trinajstić information content (AvgIpc) is 2.37. The molecule has 1 rings (SSSR count). The number of rotatable bonds is 7. The van der Waals surface area contributed by atoms with Crippen LogP contribution in [0.15, 0.2) is 18.2 Å². The van der Waals surface area contributed by atoms with Crippen LogP contribution in [-0.2, 0) is 11.2 Å². The third-order valence-electron chi connectivity index (χ3n) is 2.89. The van der Waals surface area contributed by atoms with E-state index in [2.05, 4.69) is 12.3 Å². The fraction of sp³-hybridized carbons (Fsp3) is 0.538. The lowest BCUT2D eigenvalue weighted by atomic mass is 10.00. The molecule has 1 aromatic carbocycles. The van der Waals surface area contributed by atoms with Gasteiger partial charge in [-0.1, -0.05) is 30.1 Å². The Morgan fingerprint density at radius 3 is 2.61 bits per heavy atom. The van der Waals surface area contributed by atoms with Crippen LogP contribution in [-0.4, -0.2) is 18.8 Å². The zero-order chi connectivity index (χ0) is 13.5. The molecule has 0 saturated carbocycles. The highest BCUT2D eigenvalue weighted by molar-refractivity contribution is 6.33. The molecule has 0 fully saturated rings. The third-order valence-corrected chi connectivity index (χ3v) is 3.50. The lowest BCUT2D eigenvalue weighted by molar-refractivity contribution is 0.0319. The van der Waals surface area contributed by atoms with Gasteiger partial charge in [0.05, 0.1) is 12.1 Å². The van der Waals surface area contributed by atoms with Gasteiger partial charge in [0, 0.05) is 16.7 Å². The van der Waals surface area contributed by atoms with Crippen LogP contribution in [0, 0.1) is 0 Å². The SMILES string of the molecule is CCOC(CC)C(Cc1cc(Cl)ccc1Cl)NN. The average molecular weight is 291 g/mol. The van der Waals surface area contributed by atoms with E-state index in [9.17, 15) is 0 Å². The van der Waals surface area contributed by atoms with Crippen molar-refractivity contribution >= 4 is 23.2 Å². The number of nitrogens with one attached hydrogen (secondary N) is 1. The van der Waals surface area contributed by atoms with Crippen molar-refractivity contribution in [3.8, 4) is 0 Å². The zero-order valence-corrected chi connectivity index (χ0v) is 12.3. The minimum atomic E-state index is 0.0194. The van der Waals surface area contributed by atoms with Gasteiger partial charge in [-0.3, -0.25) is 11.3 Å². The van der Waals surface area contributed by atoms with E-state index in [4.69, 9.17) is 33.8 Å². The summed E-state index contributed by atoms with van der Waals surface area (Å²) in [7, 11) is 0. The normalized spacial score (nSPS) is 14.5. The van der Waals surface area contributed by atoms with Crippen LogP contribution in [0.1, 0.15) is 25.8 Å². The summed E-state index contributed by atoms with van der Waals surface area (Å²) < 4.78 is 5.67. The predicted molar refractivity (Wildman–Crippen MR) is 77.0 cm³/mol. The van der Waals surface area contributed by atoms with Crippen LogP contribution in [0.5, 0.6) is 0 Å². The van der Waals surface area contributed by atoms with E-state index in [-0.39, 0.29) is 12.1 Å². The number of hydrazine groups is 1. The predicted octanol–water partition coefficient (Wildman–Crippen LogP) is 3.18. The van der Waals surface area contributed by atoms with Gasteiger partial charge in [-0.05, 0) is 43.5 Å². The van der Waals surface area contributed by atoms with Crippen molar-refractivity contribution < 1.29 is 4.74 Å². The molecule has 0 aliphatic rings. The van der Waals surface area contributed by atoms with Gasteiger partial charge < -0.3 is 4.74 Å². The highest BCUT2D eigenvalue weighted by Gasteiger charge is 2.20. The van der Waals surface area contributed by atoms with Crippen molar-refractivity contribution in [3.05, 3.63) is 33.8 Å². The second-order valence-electron chi connectivity index (χ2n) is 4.12. The molecule has 0 aliphatic heterocycles.